The fraction of sp³-hybridized carbons (Fsp3) is 0.269. The Morgan fingerprint density at radius 2 is 1.82 bits per heavy atom. The Bertz CT molecular complexity index is 1290. The van der Waals surface area contributed by atoms with Crippen LogP contribution in [0.1, 0.15) is 39.3 Å². The van der Waals surface area contributed by atoms with Gasteiger partial charge in [0, 0.05) is 22.6 Å². The third kappa shape index (κ3) is 3.15. The molecule has 33 heavy (non-hydrogen) atoms. The van der Waals surface area contributed by atoms with E-state index < -0.39 is 11.6 Å². The minimum Gasteiger partial charge on any atom is -0.497 e. The Kier molecular flexibility index (Phi) is 4.85. The molecule has 0 unspecified atom stereocenters. The highest BCUT2D eigenvalue weighted by Crippen LogP contribution is 2.41. The summed E-state index contributed by atoms with van der Waals surface area (Å²) in [6.45, 7) is 3.50. The molecule has 1 saturated heterocycles. The lowest BCUT2D eigenvalue weighted by Gasteiger charge is -2.22. The molecule has 1 fully saturated rings. The smallest absolute Gasteiger partial charge is 0.325 e. The maximum absolute atomic E-state index is 13.4. The molecule has 1 aliphatic heterocycles. The van der Waals surface area contributed by atoms with E-state index in [9.17, 15) is 14.4 Å². The van der Waals surface area contributed by atoms with Crippen LogP contribution in [0.15, 0.2) is 54.6 Å². The SMILES string of the molecule is COc1ccc(-n2c(C)cc(C(=O)CN3C(=O)N[C@@]4(CCc5ccccc54)C3=O)c2C)cc1. The summed E-state index contributed by atoms with van der Waals surface area (Å²) in [4.78, 5) is 40.5. The number of fused-ring (bicyclic) bond motifs is 2. The van der Waals surface area contributed by atoms with E-state index >= 15 is 0 Å². The average molecular weight is 444 g/mol. The van der Waals surface area contributed by atoms with E-state index in [1.54, 1.807) is 13.2 Å². The molecule has 1 aliphatic carbocycles. The van der Waals surface area contributed by atoms with Crippen LogP contribution < -0.4 is 10.1 Å². The first-order valence-electron chi connectivity index (χ1n) is 10.9. The molecule has 0 radical (unpaired) electrons. The number of rotatable bonds is 5. The van der Waals surface area contributed by atoms with Crippen molar-refractivity contribution in [1.82, 2.24) is 14.8 Å². The monoisotopic (exact) mass is 443 g/mol. The number of methoxy groups -OCH3 is 1. The molecule has 2 aromatic carbocycles. The van der Waals surface area contributed by atoms with E-state index in [4.69, 9.17) is 4.74 Å². The number of ketones is 1. The van der Waals surface area contributed by atoms with E-state index in [0.717, 1.165) is 38.9 Å². The maximum Gasteiger partial charge on any atom is 0.325 e. The predicted molar refractivity (Wildman–Crippen MR) is 123 cm³/mol. The maximum atomic E-state index is 13.4. The third-order valence-electron chi connectivity index (χ3n) is 6.79. The van der Waals surface area contributed by atoms with Gasteiger partial charge in [0.25, 0.3) is 5.91 Å². The van der Waals surface area contributed by atoms with E-state index in [1.807, 2.05) is 66.9 Å². The molecular weight excluding hydrogens is 418 g/mol. The Morgan fingerprint density at radius 1 is 1.09 bits per heavy atom. The van der Waals surface area contributed by atoms with E-state index in [-0.39, 0.29) is 18.2 Å². The molecule has 5 rings (SSSR count). The molecule has 1 aromatic heterocycles. The summed E-state index contributed by atoms with van der Waals surface area (Å²) in [7, 11) is 1.61. The van der Waals surface area contributed by atoms with Gasteiger partial charge in [0.05, 0.1) is 13.7 Å². The van der Waals surface area contributed by atoms with Crippen LogP contribution in [0.25, 0.3) is 5.69 Å². The molecule has 1 spiro atoms. The van der Waals surface area contributed by atoms with Gasteiger partial charge in [-0.1, -0.05) is 24.3 Å². The average Bonchev–Trinajstić information content (AvgIpc) is 3.42. The number of carbonyl (C=O) groups is 3. The quantitative estimate of drug-likeness (QED) is 0.482. The summed E-state index contributed by atoms with van der Waals surface area (Å²) in [6, 6.07) is 16.5. The Morgan fingerprint density at radius 3 is 2.55 bits per heavy atom. The Balaban J connectivity index is 1.41. The Labute approximate surface area is 192 Å². The molecule has 168 valence electrons. The second-order valence-electron chi connectivity index (χ2n) is 8.63. The number of hydrogen-bond donors (Lipinski definition) is 1. The zero-order chi connectivity index (χ0) is 23.3. The number of Topliss-reactive ketones (excluding diaryl/α,β-unsaturated/α-hetero) is 1. The number of aryl methyl sites for hydroxylation is 2. The van der Waals surface area contributed by atoms with Crippen LogP contribution in [-0.2, 0) is 16.8 Å². The van der Waals surface area contributed by atoms with Gasteiger partial charge >= 0.3 is 6.03 Å². The van der Waals surface area contributed by atoms with Crippen molar-refractivity contribution in [2.75, 3.05) is 13.7 Å². The van der Waals surface area contributed by atoms with Crippen LogP contribution in [0.5, 0.6) is 5.75 Å². The lowest BCUT2D eigenvalue weighted by molar-refractivity contribution is -0.131. The van der Waals surface area contributed by atoms with Crippen LogP contribution in [0.2, 0.25) is 0 Å². The first kappa shape index (κ1) is 21.0. The second-order valence-corrected chi connectivity index (χ2v) is 8.63. The number of hydrogen-bond acceptors (Lipinski definition) is 4. The summed E-state index contributed by atoms with van der Waals surface area (Å²) in [5, 5.41) is 2.88. The number of amides is 3. The van der Waals surface area contributed by atoms with Crippen LogP contribution in [0.4, 0.5) is 4.79 Å². The van der Waals surface area contributed by atoms with Crippen molar-refractivity contribution < 1.29 is 19.1 Å². The molecule has 0 saturated carbocycles. The number of ether oxygens (including phenoxy) is 1. The largest absolute Gasteiger partial charge is 0.497 e. The van der Waals surface area contributed by atoms with Crippen molar-refractivity contribution in [3.8, 4) is 11.4 Å². The highest BCUT2D eigenvalue weighted by atomic mass is 16.5. The van der Waals surface area contributed by atoms with Crippen LogP contribution in [-0.4, -0.2) is 40.8 Å². The van der Waals surface area contributed by atoms with Crippen molar-refractivity contribution in [2.45, 2.75) is 32.2 Å². The van der Waals surface area contributed by atoms with E-state index in [0.29, 0.717) is 18.4 Å². The lowest BCUT2D eigenvalue weighted by atomic mass is 9.92. The van der Waals surface area contributed by atoms with Gasteiger partial charge in [-0.05, 0) is 68.1 Å². The zero-order valence-corrected chi connectivity index (χ0v) is 18.8. The summed E-state index contributed by atoms with van der Waals surface area (Å²) < 4.78 is 7.21. The molecule has 3 amide bonds. The fourth-order valence-corrected chi connectivity index (χ4v) is 5.14. The van der Waals surface area contributed by atoms with Gasteiger partial charge in [0.15, 0.2) is 5.78 Å². The van der Waals surface area contributed by atoms with Crippen LogP contribution >= 0.6 is 0 Å². The van der Waals surface area contributed by atoms with Crippen LogP contribution in [0, 0.1) is 13.8 Å². The van der Waals surface area contributed by atoms with Gasteiger partial charge in [-0.25, -0.2) is 4.79 Å². The summed E-state index contributed by atoms with van der Waals surface area (Å²) in [5.74, 6) is 0.128. The van der Waals surface area contributed by atoms with Crippen LogP contribution in [0.3, 0.4) is 0 Å². The number of aromatic nitrogens is 1. The number of nitrogens with zero attached hydrogens (tertiary/aromatic N) is 2. The molecule has 3 aromatic rings. The predicted octanol–water partition coefficient (Wildman–Crippen LogP) is 3.68. The van der Waals surface area contributed by atoms with Gasteiger partial charge in [-0.3, -0.25) is 14.5 Å². The van der Waals surface area contributed by atoms with Crippen molar-refractivity contribution in [3.05, 3.63) is 82.7 Å². The fourth-order valence-electron chi connectivity index (χ4n) is 5.14. The van der Waals surface area contributed by atoms with Crippen molar-refractivity contribution in [2.24, 2.45) is 0 Å². The topological polar surface area (TPSA) is 80.6 Å². The normalized spacial score (nSPS) is 19.2. The first-order valence-corrected chi connectivity index (χ1v) is 10.9. The molecule has 7 nitrogen and oxygen atoms in total. The number of imide groups is 1. The van der Waals surface area contributed by atoms with E-state index in [1.165, 1.54) is 0 Å². The van der Waals surface area contributed by atoms with Crippen molar-refractivity contribution in [1.29, 1.82) is 0 Å². The highest BCUT2D eigenvalue weighted by molar-refractivity contribution is 6.12. The molecule has 0 bridgehead atoms. The van der Waals surface area contributed by atoms with Gasteiger partial charge < -0.3 is 14.6 Å². The molecule has 1 atom stereocenters. The van der Waals surface area contributed by atoms with E-state index in [2.05, 4.69) is 5.32 Å². The third-order valence-corrected chi connectivity index (χ3v) is 6.79. The van der Waals surface area contributed by atoms with Gasteiger partial charge in [-0.2, -0.15) is 0 Å². The second kappa shape index (κ2) is 7.62. The first-order chi connectivity index (χ1) is 15.9. The molecule has 2 heterocycles. The Hall–Kier alpha value is -3.87. The van der Waals surface area contributed by atoms with Gasteiger partial charge in [0.1, 0.15) is 11.3 Å². The molecular formula is C26H25N3O4. The summed E-state index contributed by atoms with van der Waals surface area (Å²) in [6.07, 6.45) is 1.22. The summed E-state index contributed by atoms with van der Waals surface area (Å²) >= 11 is 0. The molecule has 2 aliphatic rings. The van der Waals surface area contributed by atoms with Crippen molar-refractivity contribution in [3.63, 3.8) is 0 Å². The number of nitrogens with one attached hydrogen (secondary N) is 1. The molecule has 1 N–H and O–H groups in total. The molecule has 7 heteroatoms. The lowest BCUT2D eigenvalue weighted by Crippen LogP contribution is -2.42. The standard InChI is InChI=1S/C26H25N3O4/c1-16-14-21(17(2)29(16)19-8-10-20(33-3)11-9-19)23(30)15-28-24(31)26(27-25(28)32)13-12-18-6-4-5-7-22(18)26/h4-11,14H,12-13,15H2,1-3H3,(H,27,32)/t26-/m1/s1. The highest BCUT2D eigenvalue weighted by Gasteiger charge is 2.55. The number of benzene rings is 2. The minimum atomic E-state index is -1.06. The van der Waals surface area contributed by atoms with Gasteiger partial charge in [0.2, 0.25) is 0 Å². The number of urea groups is 1. The summed E-state index contributed by atoms with van der Waals surface area (Å²) in [5.41, 5.74) is 3.87. The minimum absolute atomic E-state index is 0.269. The van der Waals surface area contributed by atoms with Gasteiger partial charge in [-0.15, -0.1) is 0 Å². The van der Waals surface area contributed by atoms with Crippen molar-refractivity contribution >= 4 is 17.7 Å². The zero-order valence-electron chi connectivity index (χ0n) is 18.8. The number of carbonyl (C=O) groups excluding carboxylic acids is 3.